The van der Waals surface area contributed by atoms with E-state index in [1.54, 1.807) is 0 Å². The van der Waals surface area contributed by atoms with Crippen molar-refractivity contribution in [2.45, 2.75) is 39.3 Å². The van der Waals surface area contributed by atoms with Crippen LogP contribution in [-0.2, 0) is 18.5 Å². The van der Waals surface area contributed by atoms with Crippen molar-refractivity contribution < 1.29 is 21.7 Å². The average Bonchev–Trinajstić information content (AvgIpc) is 2.88. The molecular formula is C22H27BrN3O-. The minimum atomic E-state index is 0. The van der Waals surface area contributed by atoms with Crippen LogP contribution >= 0.6 is 0 Å². The highest BCUT2D eigenvalue weighted by Gasteiger charge is 2.13. The van der Waals surface area contributed by atoms with Gasteiger partial charge in [-0.05, 0) is 35.2 Å². The quantitative estimate of drug-likeness (QED) is 0.593. The van der Waals surface area contributed by atoms with E-state index in [9.17, 15) is 0 Å². The summed E-state index contributed by atoms with van der Waals surface area (Å²) >= 11 is 0. The zero-order valence-corrected chi connectivity index (χ0v) is 17.8. The number of nitrogens with zero attached hydrogens (tertiary/aromatic N) is 2. The summed E-state index contributed by atoms with van der Waals surface area (Å²) in [4.78, 5) is 0. The molecule has 3 rings (SSSR count). The maximum atomic E-state index is 8.48. The SMILES string of the molecule is C=CCn1c(=N)n(CCOc2ccc(C(C)(C)C)cc2)c2ccccc21.[Br-]. The highest BCUT2D eigenvalue weighted by Crippen LogP contribution is 2.24. The molecule has 27 heavy (non-hydrogen) atoms. The van der Waals surface area contributed by atoms with Crippen molar-refractivity contribution in [3.63, 3.8) is 0 Å². The van der Waals surface area contributed by atoms with Gasteiger partial charge in [0.25, 0.3) is 0 Å². The Morgan fingerprint density at radius 1 is 1.00 bits per heavy atom. The van der Waals surface area contributed by atoms with Crippen molar-refractivity contribution >= 4 is 11.0 Å². The lowest BCUT2D eigenvalue weighted by atomic mass is 9.87. The van der Waals surface area contributed by atoms with E-state index in [1.165, 1.54) is 5.56 Å². The van der Waals surface area contributed by atoms with Crippen molar-refractivity contribution in [2.24, 2.45) is 0 Å². The maximum absolute atomic E-state index is 8.48. The zero-order chi connectivity index (χ0) is 18.7. The van der Waals surface area contributed by atoms with Gasteiger partial charge in [0.2, 0.25) is 5.62 Å². The fourth-order valence-electron chi connectivity index (χ4n) is 3.14. The van der Waals surface area contributed by atoms with Crippen LogP contribution in [0.1, 0.15) is 26.3 Å². The molecule has 0 aliphatic carbocycles. The third-order valence-corrected chi connectivity index (χ3v) is 4.59. The van der Waals surface area contributed by atoms with Gasteiger partial charge >= 0.3 is 0 Å². The maximum Gasteiger partial charge on any atom is 0.203 e. The molecule has 0 unspecified atom stereocenters. The number of rotatable bonds is 6. The first-order valence-corrected chi connectivity index (χ1v) is 8.98. The molecule has 0 fully saturated rings. The summed E-state index contributed by atoms with van der Waals surface area (Å²) in [5, 5.41) is 8.48. The van der Waals surface area contributed by atoms with E-state index < -0.39 is 0 Å². The molecule has 0 bridgehead atoms. The molecule has 144 valence electrons. The van der Waals surface area contributed by atoms with Gasteiger partial charge in [-0.2, -0.15) is 0 Å². The Morgan fingerprint density at radius 2 is 1.59 bits per heavy atom. The van der Waals surface area contributed by atoms with E-state index in [0.717, 1.165) is 16.8 Å². The molecule has 0 spiro atoms. The second-order valence-corrected chi connectivity index (χ2v) is 7.49. The lowest BCUT2D eigenvalue weighted by molar-refractivity contribution is -0.00000647. The number of hydrogen-bond donors (Lipinski definition) is 1. The minimum Gasteiger partial charge on any atom is -1.00 e. The van der Waals surface area contributed by atoms with E-state index in [-0.39, 0.29) is 22.4 Å². The molecule has 2 aromatic carbocycles. The third-order valence-electron chi connectivity index (χ3n) is 4.59. The largest absolute Gasteiger partial charge is 1.00 e. The molecule has 5 heteroatoms. The predicted molar refractivity (Wildman–Crippen MR) is 107 cm³/mol. The molecule has 0 atom stereocenters. The Kier molecular flexibility index (Phi) is 6.71. The number of hydrogen-bond acceptors (Lipinski definition) is 2. The number of aromatic nitrogens is 2. The Labute approximate surface area is 171 Å². The Balaban J connectivity index is 0.00000261. The summed E-state index contributed by atoms with van der Waals surface area (Å²) in [5.74, 6) is 0.861. The van der Waals surface area contributed by atoms with Gasteiger partial charge in [0.1, 0.15) is 12.4 Å². The van der Waals surface area contributed by atoms with Gasteiger partial charge < -0.3 is 30.9 Å². The molecule has 0 aliphatic rings. The molecule has 1 heterocycles. The summed E-state index contributed by atoms with van der Waals surface area (Å²) in [6.07, 6.45) is 1.82. The highest BCUT2D eigenvalue weighted by atomic mass is 79.9. The zero-order valence-electron chi connectivity index (χ0n) is 16.2. The third kappa shape index (κ3) is 4.53. The standard InChI is InChI=1S/C22H27N3O.BrH/c1-5-14-24-19-8-6-7-9-20(19)25(21(24)23)15-16-26-18-12-10-17(11-13-18)22(2,3)4;/h5-13,23H,1,14-16H2,2-4H3;1H/p-1. The number of nitrogens with one attached hydrogen (secondary N) is 1. The van der Waals surface area contributed by atoms with E-state index in [4.69, 9.17) is 10.1 Å². The Bertz CT molecular complexity index is 962. The van der Waals surface area contributed by atoms with Crippen LogP contribution in [0, 0.1) is 5.41 Å². The highest BCUT2D eigenvalue weighted by molar-refractivity contribution is 5.75. The van der Waals surface area contributed by atoms with Crippen LogP contribution in [0.25, 0.3) is 11.0 Å². The molecule has 0 saturated carbocycles. The lowest BCUT2D eigenvalue weighted by Gasteiger charge is -2.19. The number of para-hydroxylation sites is 2. The Hall–Kier alpha value is -2.27. The van der Waals surface area contributed by atoms with E-state index >= 15 is 0 Å². The normalized spacial score (nSPS) is 11.2. The van der Waals surface area contributed by atoms with E-state index in [1.807, 2.05) is 51.6 Å². The smallest absolute Gasteiger partial charge is 0.203 e. The number of allylic oxidation sites excluding steroid dienone is 1. The van der Waals surface area contributed by atoms with Gasteiger partial charge in [-0.25, -0.2) is 0 Å². The van der Waals surface area contributed by atoms with E-state index in [2.05, 4.69) is 39.5 Å². The summed E-state index contributed by atoms with van der Waals surface area (Å²) in [6.45, 7) is 12.2. The van der Waals surface area contributed by atoms with Crippen molar-refractivity contribution in [2.75, 3.05) is 6.61 Å². The molecule has 0 saturated heterocycles. The second kappa shape index (κ2) is 8.61. The topological polar surface area (TPSA) is 42.9 Å². The average molecular weight is 429 g/mol. The summed E-state index contributed by atoms with van der Waals surface area (Å²) in [5.41, 5.74) is 4.00. The van der Waals surface area contributed by atoms with Crippen molar-refractivity contribution in [3.8, 4) is 5.75 Å². The van der Waals surface area contributed by atoms with Gasteiger partial charge in [-0.15, -0.1) is 6.58 Å². The first-order chi connectivity index (χ1) is 12.4. The van der Waals surface area contributed by atoms with Gasteiger partial charge in [0.05, 0.1) is 17.6 Å². The number of benzene rings is 2. The number of imidazole rings is 1. The first-order valence-electron chi connectivity index (χ1n) is 8.98. The fourth-order valence-corrected chi connectivity index (χ4v) is 3.14. The molecule has 0 aliphatic heterocycles. The van der Waals surface area contributed by atoms with E-state index in [0.29, 0.717) is 25.3 Å². The summed E-state index contributed by atoms with van der Waals surface area (Å²) < 4.78 is 9.86. The van der Waals surface area contributed by atoms with Crippen molar-refractivity contribution in [1.29, 1.82) is 5.41 Å². The monoisotopic (exact) mass is 428 g/mol. The molecule has 1 aromatic heterocycles. The van der Waals surface area contributed by atoms with Crippen LogP contribution in [0.5, 0.6) is 5.75 Å². The van der Waals surface area contributed by atoms with Crippen LogP contribution in [0.4, 0.5) is 0 Å². The number of fused-ring (bicyclic) bond motifs is 1. The van der Waals surface area contributed by atoms with Gasteiger partial charge in [0.15, 0.2) is 0 Å². The van der Waals surface area contributed by atoms with Crippen LogP contribution < -0.4 is 27.3 Å². The second-order valence-electron chi connectivity index (χ2n) is 7.49. The van der Waals surface area contributed by atoms with Crippen LogP contribution in [0.15, 0.2) is 61.2 Å². The van der Waals surface area contributed by atoms with Crippen molar-refractivity contribution in [3.05, 3.63) is 72.4 Å². The minimum absolute atomic E-state index is 0. The molecule has 3 aromatic rings. The number of halogens is 1. The first kappa shape index (κ1) is 21.0. The van der Waals surface area contributed by atoms with Gasteiger partial charge in [-0.1, -0.05) is 51.1 Å². The molecular weight excluding hydrogens is 402 g/mol. The van der Waals surface area contributed by atoms with Gasteiger partial charge in [0, 0.05) is 6.54 Å². The molecule has 1 N–H and O–H groups in total. The molecule has 0 radical (unpaired) electrons. The summed E-state index contributed by atoms with van der Waals surface area (Å²) in [7, 11) is 0. The number of ether oxygens (including phenoxy) is 1. The van der Waals surface area contributed by atoms with Crippen LogP contribution in [0.3, 0.4) is 0 Å². The van der Waals surface area contributed by atoms with Gasteiger partial charge in [-0.3, -0.25) is 5.41 Å². The van der Waals surface area contributed by atoms with Crippen molar-refractivity contribution in [1.82, 2.24) is 9.13 Å². The molecule has 4 nitrogen and oxygen atoms in total. The van der Waals surface area contributed by atoms with Crippen LogP contribution in [0.2, 0.25) is 0 Å². The lowest BCUT2D eigenvalue weighted by Crippen LogP contribution is -3.00. The summed E-state index contributed by atoms with van der Waals surface area (Å²) in [6, 6.07) is 16.4. The predicted octanol–water partition coefficient (Wildman–Crippen LogP) is 1.49. The fraction of sp³-hybridized carbons (Fsp3) is 0.318. The molecule has 0 amide bonds. The Morgan fingerprint density at radius 3 is 2.15 bits per heavy atom. The van der Waals surface area contributed by atoms with Crippen LogP contribution in [-0.4, -0.2) is 15.7 Å².